The van der Waals surface area contributed by atoms with Crippen LogP contribution >= 0.6 is 0 Å². The number of anilines is 1. The first-order valence-corrected chi connectivity index (χ1v) is 7.14. The van der Waals surface area contributed by atoms with Crippen molar-refractivity contribution >= 4 is 17.7 Å². The van der Waals surface area contributed by atoms with Gasteiger partial charge in [-0.25, -0.2) is 13.6 Å². The molecule has 1 aromatic carbocycles. The van der Waals surface area contributed by atoms with E-state index in [-0.39, 0.29) is 5.56 Å². The first-order valence-electron chi connectivity index (χ1n) is 7.14. The molecule has 1 aromatic rings. The minimum Gasteiger partial charge on any atom is -0.444 e. The smallest absolute Gasteiger partial charge is 0.412 e. The maximum Gasteiger partial charge on any atom is 0.412 e. The van der Waals surface area contributed by atoms with Crippen molar-refractivity contribution in [3.63, 3.8) is 0 Å². The van der Waals surface area contributed by atoms with Crippen LogP contribution in [0.3, 0.4) is 0 Å². The summed E-state index contributed by atoms with van der Waals surface area (Å²) in [5, 5.41) is 2.59. The summed E-state index contributed by atoms with van der Waals surface area (Å²) in [5.41, 5.74) is 0.783. The lowest BCUT2D eigenvalue weighted by Crippen LogP contribution is -2.31. The van der Waals surface area contributed by atoms with Gasteiger partial charge < -0.3 is 9.64 Å². The lowest BCUT2D eigenvalue weighted by molar-refractivity contribution is 0.0620. The third kappa shape index (κ3) is 6.22. The van der Waals surface area contributed by atoms with E-state index in [2.05, 4.69) is 5.32 Å². The molecule has 1 N–H and O–H groups in total. The Morgan fingerprint density at radius 3 is 2.39 bits per heavy atom. The third-order valence-corrected chi connectivity index (χ3v) is 2.87. The molecule has 0 aliphatic rings. The number of rotatable bonds is 4. The Morgan fingerprint density at radius 2 is 1.91 bits per heavy atom. The van der Waals surface area contributed by atoms with Gasteiger partial charge in [-0.2, -0.15) is 0 Å². The van der Waals surface area contributed by atoms with E-state index in [4.69, 9.17) is 4.74 Å². The average Bonchev–Trinajstić information content (AvgIpc) is 2.37. The van der Waals surface area contributed by atoms with Crippen LogP contribution in [0.2, 0.25) is 0 Å². The van der Waals surface area contributed by atoms with Crippen molar-refractivity contribution in [3.05, 3.63) is 29.3 Å². The summed E-state index contributed by atoms with van der Waals surface area (Å²) >= 11 is 0. The van der Waals surface area contributed by atoms with Crippen LogP contribution < -0.4 is 5.32 Å². The standard InChI is InChI=1S/C16H22F2N2O3/c1-10-8-11(14(21)20(5)9-13(17)18)6-7-12(10)19-15(22)23-16(2,3)4/h6-8,13H,9H2,1-5H3,(H,19,22). The highest BCUT2D eigenvalue weighted by atomic mass is 19.3. The molecule has 0 aliphatic heterocycles. The SMILES string of the molecule is Cc1cc(C(=O)N(C)CC(F)F)ccc1NC(=O)OC(C)(C)C. The van der Waals surface area contributed by atoms with Crippen molar-refractivity contribution in [2.75, 3.05) is 18.9 Å². The van der Waals surface area contributed by atoms with Gasteiger partial charge in [0.1, 0.15) is 5.60 Å². The Bertz CT molecular complexity index is 583. The lowest BCUT2D eigenvalue weighted by Gasteiger charge is -2.20. The zero-order chi connectivity index (χ0) is 17.8. The number of amides is 2. The van der Waals surface area contributed by atoms with Crippen LogP contribution in [0.15, 0.2) is 18.2 Å². The van der Waals surface area contributed by atoms with Crippen LogP contribution in [0, 0.1) is 6.92 Å². The van der Waals surface area contributed by atoms with Crippen molar-refractivity contribution in [3.8, 4) is 0 Å². The molecule has 0 aromatic heterocycles. The van der Waals surface area contributed by atoms with Gasteiger partial charge in [-0.15, -0.1) is 0 Å². The van der Waals surface area contributed by atoms with Gasteiger partial charge in [-0.3, -0.25) is 10.1 Å². The highest BCUT2D eigenvalue weighted by Crippen LogP contribution is 2.19. The molecule has 0 aliphatic carbocycles. The van der Waals surface area contributed by atoms with E-state index in [9.17, 15) is 18.4 Å². The Morgan fingerprint density at radius 1 is 1.30 bits per heavy atom. The largest absolute Gasteiger partial charge is 0.444 e. The van der Waals surface area contributed by atoms with E-state index in [1.54, 1.807) is 33.8 Å². The number of nitrogens with zero attached hydrogens (tertiary/aromatic N) is 1. The average molecular weight is 328 g/mol. The van der Waals surface area contributed by atoms with Gasteiger partial charge in [0.15, 0.2) is 0 Å². The molecule has 128 valence electrons. The summed E-state index contributed by atoms with van der Waals surface area (Å²) in [5.74, 6) is -0.503. The summed E-state index contributed by atoms with van der Waals surface area (Å²) < 4.78 is 29.8. The van der Waals surface area contributed by atoms with E-state index in [1.165, 1.54) is 19.2 Å². The number of nitrogens with one attached hydrogen (secondary N) is 1. The highest BCUT2D eigenvalue weighted by Gasteiger charge is 2.19. The maximum atomic E-state index is 12.3. The van der Waals surface area contributed by atoms with E-state index >= 15 is 0 Å². The first-order chi connectivity index (χ1) is 10.5. The summed E-state index contributed by atoms with van der Waals surface area (Å²) in [4.78, 5) is 24.7. The first kappa shape index (κ1) is 18.9. The number of carbonyl (C=O) groups is 2. The highest BCUT2D eigenvalue weighted by molar-refractivity contribution is 5.95. The Labute approximate surface area is 134 Å². The quantitative estimate of drug-likeness (QED) is 0.917. The number of ether oxygens (including phenoxy) is 1. The second-order valence-electron chi connectivity index (χ2n) is 6.23. The van der Waals surface area contributed by atoms with Crippen LogP contribution in [-0.2, 0) is 4.74 Å². The molecule has 0 saturated heterocycles. The fourth-order valence-corrected chi connectivity index (χ4v) is 1.86. The second kappa shape index (κ2) is 7.39. The molecule has 7 heteroatoms. The molecule has 5 nitrogen and oxygen atoms in total. The van der Waals surface area contributed by atoms with Gasteiger partial charge in [-0.05, 0) is 51.5 Å². The normalized spacial score (nSPS) is 11.3. The minimum atomic E-state index is -2.59. The molecule has 1 rings (SSSR count). The molecular weight excluding hydrogens is 306 g/mol. The van der Waals surface area contributed by atoms with E-state index in [0.717, 1.165) is 4.90 Å². The topological polar surface area (TPSA) is 58.6 Å². The molecule has 23 heavy (non-hydrogen) atoms. The van der Waals surface area contributed by atoms with Gasteiger partial charge in [0, 0.05) is 18.3 Å². The minimum absolute atomic E-state index is 0.278. The van der Waals surface area contributed by atoms with Crippen molar-refractivity contribution in [2.45, 2.75) is 39.7 Å². The van der Waals surface area contributed by atoms with E-state index < -0.39 is 30.6 Å². The number of alkyl halides is 2. The molecule has 0 atom stereocenters. The molecule has 0 heterocycles. The van der Waals surface area contributed by atoms with Gasteiger partial charge in [0.05, 0.1) is 6.54 Å². The van der Waals surface area contributed by atoms with E-state index in [1.807, 2.05) is 0 Å². The van der Waals surface area contributed by atoms with Gasteiger partial charge >= 0.3 is 6.09 Å². The molecular formula is C16H22F2N2O3. The number of halogens is 2. The van der Waals surface area contributed by atoms with Crippen molar-refractivity contribution in [1.29, 1.82) is 0 Å². The number of carbonyl (C=O) groups excluding carboxylic acids is 2. The van der Waals surface area contributed by atoms with Crippen LogP contribution in [0.4, 0.5) is 19.3 Å². The number of hydrogen-bond donors (Lipinski definition) is 1. The zero-order valence-electron chi connectivity index (χ0n) is 13.9. The van der Waals surface area contributed by atoms with Crippen molar-refractivity contribution in [2.24, 2.45) is 0 Å². The fraction of sp³-hybridized carbons (Fsp3) is 0.500. The fourth-order valence-electron chi connectivity index (χ4n) is 1.86. The maximum absolute atomic E-state index is 12.3. The predicted molar refractivity (Wildman–Crippen MR) is 84.0 cm³/mol. The Kier molecular flexibility index (Phi) is 6.06. The number of benzene rings is 1. The van der Waals surface area contributed by atoms with Crippen LogP contribution in [0.5, 0.6) is 0 Å². The van der Waals surface area contributed by atoms with Crippen molar-refractivity contribution < 1.29 is 23.1 Å². The van der Waals surface area contributed by atoms with Crippen LogP contribution in [0.25, 0.3) is 0 Å². The molecule has 0 spiro atoms. The lowest BCUT2D eigenvalue weighted by atomic mass is 10.1. The van der Waals surface area contributed by atoms with Gasteiger partial charge in [0.25, 0.3) is 12.3 Å². The van der Waals surface area contributed by atoms with Gasteiger partial charge in [0.2, 0.25) is 0 Å². The Hall–Kier alpha value is -2.18. The van der Waals surface area contributed by atoms with Crippen LogP contribution in [0.1, 0.15) is 36.7 Å². The summed E-state index contributed by atoms with van der Waals surface area (Å²) in [6.07, 6.45) is -3.19. The molecule has 0 saturated carbocycles. The summed E-state index contributed by atoms with van der Waals surface area (Å²) in [7, 11) is 1.32. The molecule has 0 radical (unpaired) electrons. The Balaban J connectivity index is 2.82. The number of aryl methyl sites for hydroxylation is 1. The molecule has 0 bridgehead atoms. The summed E-state index contributed by atoms with van der Waals surface area (Å²) in [6.45, 7) is 6.33. The van der Waals surface area contributed by atoms with E-state index in [0.29, 0.717) is 11.3 Å². The number of hydrogen-bond acceptors (Lipinski definition) is 3. The monoisotopic (exact) mass is 328 g/mol. The van der Waals surface area contributed by atoms with Gasteiger partial charge in [-0.1, -0.05) is 0 Å². The summed E-state index contributed by atoms with van der Waals surface area (Å²) in [6, 6.07) is 4.56. The molecule has 0 unspecified atom stereocenters. The molecule has 0 fully saturated rings. The second-order valence-corrected chi connectivity index (χ2v) is 6.23. The van der Waals surface area contributed by atoms with Crippen molar-refractivity contribution in [1.82, 2.24) is 4.90 Å². The predicted octanol–water partition coefficient (Wildman–Crippen LogP) is 3.68. The molecule has 2 amide bonds. The zero-order valence-corrected chi connectivity index (χ0v) is 13.9. The van der Waals surface area contributed by atoms with Crippen LogP contribution in [-0.4, -0.2) is 42.5 Å². The third-order valence-electron chi connectivity index (χ3n) is 2.87.